The molecule has 0 saturated heterocycles. The topological polar surface area (TPSA) is 69.6 Å². The summed E-state index contributed by atoms with van der Waals surface area (Å²) in [5.41, 5.74) is 0.334. The fourth-order valence-electron chi connectivity index (χ4n) is 2.28. The molecule has 0 heterocycles. The zero-order chi connectivity index (χ0) is 14.5. The fourth-order valence-corrected chi connectivity index (χ4v) is 2.28. The van der Waals surface area contributed by atoms with Crippen LogP contribution in [0.1, 0.15) is 39.5 Å². The Morgan fingerprint density at radius 2 is 2.00 bits per heavy atom. The minimum Gasteiger partial charge on any atom is -0.480 e. The van der Waals surface area contributed by atoms with E-state index in [0.29, 0.717) is 5.41 Å². The number of aliphatic carboxylic acids is 1. The third-order valence-corrected chi connectivity index (χ3v) is 3.56. The molecule has 106 valence electrons. The summed E-state index contributed by atoms with van der Waals surface area (Å²) < 4.78 is 0. The second-order valence-corrected chi connectivity index (χ2v) is 5.84. The summed E-state index contributed by atoms with van der Waals surface area (Å²) in [5, 5.41) is 11.6. The first-order valence-corrected chi connectivity index (χ1v) is 6.55. The molecule has 5 nitrogen and oxygen atoms in total. The van der Waals surface area contributed by atoms with Crippen LogP contribution in [-0.4, -0.2) is 41.1 Å². The lowest BCUT2D eigenvalue weighted by atomic mass is 9.75. The highest BCUT2D eigenvalue weighted by molar-refractivity contribution is 5.80. The van der Waals surface area contributed by atoms with Crippen molar-refractivity contribution in [1.82, 2.24) is 10.2 Å². The van der Waals surface area contributed by atoms with E-state index < -0.39 is 5.97 Å². The van der Waals surface area contributed by atoms with Crippen molar-refractivity contribution in [3.63, 3.8) is 0 Å². The molecule has 0 aliphatic heterocycles. The maximum absolute atomic E-state index is 12.0. The molecule has 0 bridgehead atoms. The Balaban J connectivity index is 2.48. The summed E-state index contributed by atoms with van der Waals surface area (Å²) >= 11 is 0. The number of hydrogen-bond acceptors (Lipinski definition) is 2. The molecular weight excluding hydrogens is 244 g/mol. The summed E-state index contributed by atoms with van der Waals surface area (Å²) in [6.07, 6.45) is 9.12. The molecule has 1 saturated carbocycles. The highest BCUT2D eigenvalue weighted by Gasteiger charge is 2.28. The maximum atomic E-state index is 12.0. The number of carbonyl (C=O) groups is 2. The maximum Gasteiger partial charge on any atom is 0.323 e. The summed E-state index contributed by atoms with van der Waals surface area (Å²) in [4.78, 5) is 23.8. The highest BCUT2D eigenvalue weighted by Crippen LogP contribution is 2.34. The van der Waals surface area contributed by atoms with E-state index in [4.69, 9.17) is 11.5 Å². The average molecular weight is 266 g/mol. The number of carboxylic acids is 1. The Labute approximate surface area is 114 Å². The molecule has 1 aliphatic rings. The van der Waals surface area contributed by atoms with Crippen LogP contribution >= 0.6 is 0 Å². The van der Waals surface area contributed by atoms with Gasteiger partial charge in [-0.05, 0) is 31.1 Å². The van der Waals surface area contributed by atoms with Crippen molar-refractivity contribution in [3.05, 3.63) is 0 Å². The van der Waals surface area contributed by atoms with E-state index in [-0.39, 0.29) is 25.2 Å². The number of nitrogens with zero attached hydrogens (tertiary/aromatic N) is 1. The largest absolute Gasteiger partial charge is 0.480 e. The van der Waals surface area contributed by atoms with Gasteiger partial charge in [-0.25, -0.2) is 4.79 Å². The van der Waals surface area contributed by atoms with E-state index in [1.165, 1.54) is 0 Å². The van der Waals surface area contributed by atoms with Crippen molar-refractivity contribution in [3.8, 4) is 12.3 Å². The molecule has 0 aromatic rings. The first-order chi connectivity index (χ1) is 8.84. The number of carboxylic acid groups (broad SMARTS) is 1. The van der Waals surface area contributed by atoms with Crippen LogP contribution < -0.4 is 5.32 Å². The van der Waals surface area contributed by atoms with Crippen LogP contribution in [0.2, 0.25) is 0 Å². The number of terminal acetylenes is 1. The molecule has 1 aliphatic carbocycles. The smallest absolute Gasteiger partial charge is 0.323 e. The summed E-state index contributed by atoms with van der Waals surface area (Å²) in [5.74, 6) is 1.25. The highest BCUT2D eigenvalue weighted by atomic mass is 16.4. The minimum atomic E-state index is -1.06. The third kappa shape index (κ3) is 5.21. The summed E-state index contributed by atoms with van der Waals surface area (Å²) in [6.45, 7) is 4.09. The second-order valence-electron chi connectivity index (χ2n) is 5.84. The fraction of sp³-hybridized carbons (Fsp3) is 0.714. The Kier molecular flexibility index (Phi) is 5.22. The molecule has 2 N–H and O–H groups in total. The molecule has 0 aromatic heterocycles. The van der Waals surface area contributed by atoms with E-state index in [2.05, 4.69) is 25.1 Å². The lowest BCUT2D eigenvalue weighted by molar-refractivity contribution is -0.137. The molecule has 19 heavy (non-hydrogen) atoms. The second kappa shape index (κ2) is 6.46. The predicted molar refractivity (Wildman–Crippen MR) is 72.6 cm³/mol. The average Bonchev–Trinajstić information content (AvgIpc) is 2.31. The molecule has 2 amide bonds. The van der Waals surface area contributed by atoms with Crippen LogP contribution in [0.4, 0.5) is 4.79 Å². The van der Waals surface area contributed by atoms with Gasteiger partial charge >= 0.3 is 12.0 Å². The van der Waals surface area contributed by atoms with Crippen molar-refractivity contribution >= 4 is 12.0 Å². The number of hydrogen-bond donors (Lipinski definition) is 2. The van der Waals surface area contributed by atoms with Gasteiger partial charge in [-0.15, -0.1) is 6.42 Å². The SMILES string of the molecule is C#CCN(CC(=O)O)C(=O)NC1CCC(C)(C)CC1. The van der Waals surface area contributed by atoms with Gasteiger partial charge in [-0.1, -0.05) is 19.8 Å². The molecule has 1 rings (SSSR count). The van der Waals surface area contributed by atoms with Crippen molar-refractivity contribution < 1.29 is 14.7 Å². The van der Waals surface area contributed by atoms with Crippen LogP contribution in [-0.2, 0) is 4.79 Å². The standard InChI is InChI=1S/C14H22N2O3/c1-4-9-16(10-12(17)18)13(19)15-11-5-7-14(2,3)8-6-11/h1,11H,5-10H2,2-3H3,(H,15,19)(H,17,18). The zero-order valence-corrected chi connectivity index (χ0v) is 11.6. The van der Waals surface area contributed by atoms with Gasteiger partial charge in [0.05, 0.1) is 6.54 Å². The molecule has 0 unspecified atom stereocenters. The van der Waals surface area contributed by atoms with Gasteiger partial charge in [-0.2, -0.15) is 0 Å². The zero-order valence-electron chi connectivity index (χ0n) is 11.6. The molecule has 1 fully saturated rings. The van der Waals surface area contributed by atoms with Crippen molar-refractivity contribution in [2.24, 2.45) is 5.41 Å². The van der Waals surface area contributed by atoms with E-state index in [1.54, 1.807) is 0 Å². The van der Waals surface area contributed by atoms with Crippen LogP contribution in [0, 0.1) is 17.8 Å². The van der Waals surface area contributed by atoms with E-state index in [9.17, 15) is 9.59 Å². The lowest BCUT2D eigenvalue weighted by Crippen LogP contribution is -2.48. The van der Waals surface area contributed by atoms with Crippen molar-refractivity contribution in [1.29, 1.82) is 0 Å². The Bertz CT molecular complexity index is 375. The molecule has 0 spiro atoms. The number of carbonyl (C=O) groups excluding carboxylic acids is 1. The Morgan fingerprint density at radius 3 is 2.47 bits per heavy atom. The molecular formula is C14H22N2O3. The van der Waals surface area contributed by atoms with Gasteiger partial charge in [0.2, 0.25) is 0 Å². The predicted octanol–water partition coefficient (Wildman–Crippen LogP) is 1.68. The lowest BCUT2D eigenvalue weighted by Gasteiger charge is -2.35. The van der Waals surface area contributed by atoms with E-state index in [0.717, 1.165) is 30.6 Å². The molecule has 0 radical (unpaired) electrons. The van der Waals surface area contributed by atoms with Crippen LogP contribution in [0.25, 0.3) is 0 Å². The van der Waals surface area contributed by atoms with Crippen LogP contribution in [0.5, 0.6) is 0 Å². The number of amides is 2. The minimum absolute atomic E-state index is 0.0103. The molecule has 0 atom stereocenters. The Hall–Kier alpha value is -1.70. The number of nitrogens with one attached hydrogen (secondary N) is 1. The Morgan fingerprint density at radius 1 is 1.42 bits per heavy atom. The first-order valence-electron chi connectivity index (χ1n) is 6.55. The monoisotopic (exact) mass is 266 g/mol. The van der Waals surface area contributed by atoms with Crippen LogP contribution in [0.3, 0.4) is 0 Å². The quantitative estimate of drug-likeness (QED) is 0.761. The summed E-state index contributed by atoms with van der Waals surface area (Å²) in [7, 11) is 0. The third-order valence-electron chi connectivity index (χ3n) is 3.56. The van der Waals surface area contributed by atoms with Gasteiger partial charge < -0.3 is 15.3 Å². The normalized spacial score (nSPS) is 18.4. The van der Waals surface area contributed by atoms with Crippen molar-refractivity contribution in [2.45, 2.75) is 45.6 Å². The van der Waals surface area contributed by atoms with Crippen molar-refractivity contribution in [2.75, 3.05) is 13.1 Å². The first kappa shape index (κ1) is 15.4. The molecule has 5 heteroatoms. The summed E-state index contributed by atoms with van der Waals surface area (Å²) in [6, 6.07) is -0.264. The van der Waals surface area contributed by atoms with Crippen LogP contribution in [0.15, 0.2) is 0 Å². The van der Waals surface area contributed by atoms with Gasteiger partial charge in [0, 0.05) is 6.04 Å². The van der Waals surface area contributed by atoms with Gasteiger partial charge in [0.25, 0.3) is 0 Å². The number of rotatable bonds is 4. The molecule has 0 aromatic carbocycles. The van der Waals surface area contributed by atoms with E-state index in [1.807, 2.05) is 0 Å². The van der Waals surface area contributed by atoms with Gasteiger partial charge in [0.15, 0.2) is 0 Å². The van der Waals surface area contributed by atoms with Gasteiger partial charge in [0.1, 0.15) is 6.54 Å². The van der Waals surface area contributed by atoms with E-state index >= 15 is 0 Å². The number of urea groups is 1. The van der Waals surface area contributed by atoms with Gasteiger partial charge in [-0.3, -0.25) is 4.79 Å².